The molecule has 0 aromatic heterocycles. The van der Waals surface area contributed by atoms with Crippen LogP contribution < -0.4 is 10.5 Å². The molecule has 0 heterocycles. The van der Waals surface area contributed by atoms with Crippen LogP contribution in [-0.4, -0.2) is 13.2 Å². The van der Waals surface area contributed by atoms with Crippen molar-refractivity contribution < 1.29 is 4.74 Å². The van der Waals surface area contributed by atoms with Gasteiger partial charge in [0.15, 0.2) is 0 Å². The number of nitrogens with zero attached hydrogens (tertiary/aromatic N) is 1. The maximum absolute atomic E-state index is 8.82. The molecule has 3 heteroatoms. The van der Waals surface area contributed by atoms with E-state index in [9.17, 15) is 0 Å². The Labute approximate surface area is 102 Å². The molecule has 17 heavy (non-hydrogen) atoms. The first-order valence-corrected chi connectivity index (χ1v) is 5.56. The SMILES string of the molecule is CCCC(N)C#Cc1cc(C#N)ccc1OC. The molecule has 88 valence electrons. The standard InChI is InChI=1S/C14H16N2O/c1-3-4-13(16)7-6-12-9-11(10-15)5-8-14(12)17-2/h5,8-9,13H,3-4,16H2,1-2H3. The van der Waals surface area contributed by atoms with Crippen LogP contribution in [-0.2, 0) is 0 Å². The minimum absolute atomic E-state index is 0.129. The van der Waals surface area contributed by atoms with E-state index in [0.29, 0.717) is 16.9 Å². The van der Waals surface area contributed by atoms with Gasteiger partial charge in [0, 0.05) is 0 Å². The number of hydrogen-bond acceptors (Lipinski definition) is 3. The van der Waals surface area contributed by atoms with Gasteiger partial charge in [-0.3, -0.25) is 0 Å². The van der Waals surface area contributed by atoms with Crippen LogP contribution in [0.15, 0.2) is 18.2 Å². The summed E-state index contributed by atoms with van der Waals surface area (Å²) in [7, 11) is 1.58. The number of methoxy groups -OCH3 is 1. The highest BCUT2D eigenvalue weighted by Crippen LogP contribution is 2.18. The van der Waals surface area contributed by atoms with E-state index in [-0.39, 0.29) is 6.04 Å². The molecule has 0 aliphatic heterocycles. The molecule has 1 aromatic carbocycles. The van der Waals surface area contributed by atoms with Crippen LogP contribution in [0, 0.1) is 23.2 Å². The smallest absolute Gasteiger partial charge is 0.134 e. The zero-order valence-corrected chi connectivity index (χ0v) is 10.2. The van der Waals surface area contributed by atoms with Crippen LogP contribution in [0.1, 0.15) is 30.9 Å². The van der Waals surface area contributed by atoms with Crippen molar-refractivity contribution in [1.82, 2.24) is 0 Å². The van der Waals surface area contributed by atoms with Gasteiger partial charge in [-0.05, 0) is 24.6 Å². The summed E-state index contributed by atoms with van der Waals surface area (Å²) in [5.74, 6) is 6.60. The Morgan fingerprint density at radius 2 is 2.24 bits per heavy atom. The van der Waals surface area contributed by atoms with Crippen molar-refractivity contribution in [3.63, 3.8) is 0 Å². The largest absolute Gasteiger partial charge is 0.495 e. The van der Waals surface area contributed by atoms with E-state index in [4.69, 9.17) is 15.7 Å². The zero-order valence-electron chi connectivity index (χ0n) is 10.2. The van der Waals surface area contributed by atoms with E-state index in [1.807, 2.05) is 0 Å². The fraction of sp³-hybridized carbons (Fsp3) is 0.357. The molecular formula is C14H16N2O. The predicted molar refractivity (Wildman–Crippen MR) is 67.5 cm³/mol. The quantitative estimate of drug-likeness (QED) is 0.805. The van der Waals surface area contributed by atoms with Gasteiger partial charge in [-0.1, -0.05) is 25.2 Å². The molecule has 0 aliphatic rings. The molecule has 0 fully saturated rings. The average molecular weight is 228 g/mol. The van der Waals surface area contributed by atoms with Crippen molar-refractivity contribution in [2.45, 2.75) is 25.8 Å². The van der Waals surface area contributed by atoms with Crippen LogP contribution >= 0.6 is 0 Å². The number of nitriles is 1. The van der Waals surface area contributed by atoms with Gasteiger partial charge in [0.25, 0.3) is 0 Å². The number of hydrogen-bond donors (Lipinski definition) is 1. The summed E-state index contributed by atoms with van der Waals surface area (Å²) >= 11 is 0. The van der Waals surface area contributed by atoms with E-state index in [1.165, 1.54) is 0 Å². The minimum Gasteiger partial charge on any atom is -0.495 e. The molecule has 0 aliphatic carbocycles. The first kappa shape index (κ1) is 13.1. The lowest BCUT2D eigenvalue weighted by Gasteiger charge is -2.03. The van der Waals surface area contributed by atoms with Crippen LogP contribution in [0.25, 0.3) is 0 Å². The third kappa shape index (κ3) is 3.83. The van der Waals surface area contributed by atoms with Crippen molar-refractivity contribution >= 4 is 0 Å². The van der Waals surface area contributed by atoms with Crippen LogP contribution in [0.2, 0.25) is 0 Å². The molecule has 0 amide bonds. The van der Waals surface area contributed by atoms with Crippen LogP contribution in [0.3, 0.4) is 0 Å². The lowest BCUT2D eigenvalue weighted by atomic mass is 10.1. The second-order valence-corrected chi connectivity index (χ2v) is 3.69. The molecule has 0 radical (unpaired) electrons. The van der Waals surface area contributed by atoms with E-state index >= 15 is 0 Å². The highest BCUT2D eigenvalue weighted by Gasteiger charge is 2.02. The fourth-order valence-electron chi connectivity index (χ4n) is 1.43. The first-order chi connectivity index (χ1) is 8.21. The zero-order chi connectivity index (χ0) is 12.7. The van der Waals surface area contributed by atoms with E-state index in [2.05, 4.69) is 24.8 Å². The number of benzene rings is 1. The Kier molecular flexibility index (Phi) is 5.07. The van der Waals surface area contributed by atoms with Crippen molar-refractivity contribution in [2.24, 2.45) is 5.73 Å². The average Bonchev–Trinajstić information content (AvgIpc) is 2.36. The van der Waals surface area contributed by atoms with Crippen molar-refractivity contribution in [1.29, 1.82) is 5.26 Å². The van der Waals surface area contributed by atoms with Crippen molar-refractivity contribution in [3.8, 4) is 23.7 Å². The second-order valence-electron chi connectivity index (χ2n) is 3.69. The molecular weight excluding hydrogens is 212 g/mol. The molecule has 3 nitrogen and oxygen atoms in total. The summed E-state index contributed by atoms with van der Waals surface area (Å²) in [4.78, 5) is 0. The number of rotatable bonds is 3. The third-order valence-corrected chi connectivity index (χ3v) is 2.32. The van der Waals surface area contributed by atoms with Gasteiger partial charge < -0.3 is 10.5 Å². The Balaban J connectivity index is 2.99. The molecule has 0 saturated carbocycles. The van der Waals surface area contributed by atoms with Gasteiger partial charge in [0.05, 0.1) is 30.3 Å². The maximum Gasteiger partial charge on any atom is 0.134 e. The molecule has 2 N–H and O–H groups in total. The third-order valence-electron chi connectivity index (χ3n) is 2.32. The van der Waals surface area contributed by atoms with Gasteiger partial charge in [-0.2, -0.15) is 5.26 Å². The molecule has 0 spiro atoms. The van der Waals surface area contributed by atoms with E-state index < -0.39 is 0 Å². The second kappa shape index (κ2) is 6.58. The van der Waals surface area contributed by atoms with Crippen molar-refractivity contribution in [3.05, 3.63) is 29.3 Å². The molecule has 0 bridgehead atoms. The summed E-state index contributed by atoms with van der Waals surface area (Å²) in [6.07, 6.45) is 1.87. The Bertz CT molecular complexity index is 477. The normalized spacial score (nSPS) is 10.9. The monoisotopic (exact) mass is 228 g/mol. The summed E-state index contributed by atoms with van der Waals surface area (Å²) in [6.45, 7) is 2.07. The van der Waals surface area contributed by atoms with Gasteiger partial charge in [-0.15, -0.1) is 0 Å². The van der Waals surface area contributed by atoms with E-state index in [0.717, 1.165) is 12.8 Å². The van der Waals surface area contributed by atoms with Gasteiger partial charge >= 0.3 is 0 Å². The topological polar surface area (TPSA) is 59.0 Å². The molecule has 1 atom stereocenters. The lowest BCUT2D eigenvalue weighted by molar-refractivity contribution is 0.413. The number of nitrogens with two attached hydrogens (primary N) is 1. The van der Waals surface area contributed by atoms with Crippen LogP contribution in [0.5, 0.6) is 5.75 Å². The Hall–Kier alpha value is -1.97. The number of ether oxygens (including phenoxy) is 1. The molecule has 1 rings (SSSR count). The summed E-state index contributed by atoms with van der Waals surface area (Å²) in [5, 5.41) is 8.82. The summed E-state index contributed by atoms with van der Waals surface area (Å²) in [5.41, 5.74) is 7.09. The predicted octanol–water partition coefficient (Wildman–Crippen LogP) is 2.05. The summed E-state index contributed by atoms with van der Waals surface area (Å²) < 4.78 is 5.18. The van der Waals surface area contributed by atoms with Crippen LogP contribution in [0.4, 0.5) is 0 Å². The highest BCUT2D eigenvalue weighted by molar-refractivity contribution is 5.51. The van der Waals surface area contributed by atoms with Gasteiger partial charge in [0.2, 0.25) is 0 Å². The molecule has 0 saturated heterocycles. The lowest BCUT2D eigenvalue weighted by Crippen LogP contribution is -2.16. The molecule has 1 aromatic rings. The fourth-order valence-corrected chi connectivity index (χ4v) is 1.43. The van der Waals surface area contributed by atoms with Crippen molar-refractivity contribution in [2.75, 3.05) is 7.11 Å². The molecule has 1 unspecified atom stereocenters. The Morgan fingerprint density at radius 3 is 2.82 bits per heavy atom. The highest BCUT2D eigenvalue weighted by atomic mass is 16.5. The maximum atomic E-state index is 8.82. The first-order valence-electron chi connectivity index (χ1n) is 5.56. The minimum atomic E-state index is -0.129. The Morgan fingerprint density at radius 1 is 1.47 bits per heavy atom. The van der Waals surface area contributed by atoms with E-state index in [1.54, 1.807) is 25.3 Å². The van der Waals surface area contributed by atoms with Gasteiger partial charge in [0.1, 0.15) is 5.75 Å². The summed E-state index contributed by atoms with van der Waals surface area (Å²) in [6, 6.07) is 7.11. The van der Waals surface area contributed by atoms with Gasteiger partial charge in [-0.25, -0.2) is 0 Å².